The van der Waals surface area contributed by atoms with E-state index in [1.165, 1.54) is 0 Å². The third kappa shape index (κ3) is 3.38. The largest absolute Gasteiger partial charge is 0.325 e. The molecule has 0 fully saturated rings. The number of pyridine rings is 1. The van der Waals surface area contributed by atoms with Gasteiger partial charge in [-0.1, -0.05) is 0 Å². The quantitative estimate of drug-likeness (QED) is 0.844. The lowest BCUT2D eigenvalue weighted by Gasteiger charge is -2.07. The topological polar surface area (TPSA) is 71.8 Å². The Kier molecular flexibility index (Phi) is 4.25. The fraction of sp³-hybridized carbons (Fsp3) is 0.308. The minimum absolute atomic E-state index is 0.0253. The average molecular weight is 259 g/mol. The molecule has 19 heavy (non-hydrogen) atoms. The zero-order chi connectivity index (χ0) is 13.7. The van der Waals surface area contributed by atoms with Gasteiger partial charge in [-0.3, -0.25) is 9.36 Å². The van der Waals surface area contributed by atoms with Crippen LogP contribution in [-0.4, -0.2) is 34.0 Å². The second-order valence-corrected chi connectivity index (χ2v) is 4.15. The highest BCUT2D eigenvalue weighted by molar-refractivity contribution is 5.90. The number of hydrogen-bond donors (Lipinski definition) is 2. The van der Waals surface area contributed by atoms with E-state index in [1.54, 1.807) is 12.4 Å². The first-order valence-corrected chi connectivity index (χ1v) is 6.11. The van der Waals surface area contributed by atoms with Gasteiger partial charge < -0.3 is 10.6 Å². The molecule has 6 nitrogen and oxygen atoms in total. The van der Waals surface area contributed by atoms with Gasteiger partial charge in [-0.05, 0) is 26.1 Å². The molecule has 0 saturated carbocycles. The zero-order valence-electron chi connectivity index (χ0n) is 11.1. The number of nitrogens with one attached hydrogen (secondary N) is 2. The number of rotatable bonds is 5. The smallest absolute Gasteiger partial charge is 0.225 e. The molecule has 2 aromatic heterocycles. The molecule has 2 N–H and O–H groups in total. The summed E-state index contributed by atoms with van der Waals surface area (Å²) in [4.78, 5) is 20.0. The van der Waals surface area contributed by atoms with Gasteiger partial charge in [-0.25, -0.2) is 9.97 Å². The summed E-state index contributed by atoms with van der Waals surface area (Å²) >= 11 is 0. The molecule has 0 aliphatic carbocycles. The van der Waals surface area contributed by atoms with Gasteiger partial charge in [0.1, 0.15) is 11.6 Å². The first kappa shape index (κ1) is 13.2. The maximum atomic E-state index is 11.5. The normalized spacial score (nSPS) is 10.4. The minimum Gasteiger partial charge on any atom is -0.325 e. The van der Waals surface area contributed by atoms with E-state index in [2.05, 4.69) is 20.6 Å². The molecule has 0 saturated heterocycles. The highest BCUT2D eigenvalue weighted by Gasteiger charge is 2.04. The van der Waals surface area contributed by atoms with Crippen LogP contribution in [0.2, 0.25) is 0 Å². The summed E-state index contributed by atoms with van der Waals surface area (Å²) < 4.78 is 1.88. The first-order chi connectivity index (χ1) is 9.20. The van der Waals surface area contributed by atoms with Gasteiger partial charge >= 0.3 is 0 Å². The summed E-state index contributed by atoms with van der Waals surface area (Å²) in [6.45, 7) is 2.57. The molecular formula is C13H17N5O. The van der Waals surface area contributed by atoms with Crippen LogP contribution in [0.4, 0.5) is 5.69 Å². The molecule has 0 aromatic carbocycles. The van der Waals surface area contributed by atoms with Crippen LogP contribution in [0.3, 0.4) is 0 Å². The van der Waals surface area contributed by atoms with Crippen molar-refractivity contribution in [2.24, 2.45) is 0 Å². The standard InChI is InChI=1S/C13H17N5O/c1-10-15-7-8-18(10)12-4-3-11(9-16-12)17-13(19)5-6-14-2/h3-4,7-9,14H,5-6H2,1-2H3,(H,17,19). The van der Waals surface area contributed by atoms with Crippen LogP contribution in [0, 0.1) is 6.92 Å². The Balaban J connectivity index is 2.03. The van der Waals surface area contributed by atoms with Crippen molar-refractivity contribution in [1.29, 1.82) is 0 Å². The second-order valence-electron chi connectivity index (χ2n) is 4.15. The molecule has 0 bridgehead atoms. The lowest BCUT2D eigenvalue weighted by atomic mass is 10.3. The van der Waals surface area contributed by atoms with Crippen molar-refractivity contribution in [1.82, 2.24) is 19.9 Å². The molecule has 6 heteroatoms. The van der Waals surface area contributed by atoms with Crippen LogP contribution in [-0.2, 0) is 4.79 Å². The molecular weight excluding hydrogens is 242 g/mol. The number of aromatic nitrogens is 3. The predicted octanol–water partition coefficient (Wildman–Crippen LogP) is 1.12. The Bertz CT molecular complexity index is 546. The van der Waals surface area contributed by atoms with Crippen LogP contribution in [0.1, 0.15) is 12.2 Å². The van der Waals surface area contributed by atoms with Crippen LogP contribution in [0.5, 0.6) is 0 Å². The number of carbonyl (C=O) groups is 1. The number of imidazole rings is 1. The van der Waals surface area contributed by atoms with Crippen LogP contribution in [0.15, 0.2) is 30.7 Å². The lowest BCUT2D eigenvalue weighted by molar-refractivity contribution is -0.116. The number of carbonyl (C=O) groups excluding carboxylic acids is 1. The van der Waals surface area contributed by atoms with E-state index in [4.69, 9.17) is 0 Å². The molecule has 0 atom stereocenters. The number of aryl methyl sites for hydroxylation is 1. The summed E-state index contributed by atoms with van der Waals surface area (Å²) in [6.07, 6.45) is 5.66. The zero-order valence-corrected chi connectivity index (χ0v) is 11.1. The summed E-state index contributed by atoms with van der Waals surface area (Å²) in [5, 5.41) is 5.73. The van der Waals surface area contributed by atoms with Crippen molar-refractivity contribution in [3.63, 3.8) is 0 Å². The number of amides is 1. The Hall–Kier alpha value is -2.21. The van der Waals surface area contributed by atoms with Gasteiger partial charge in [0.05, 0.1) is 11.9 Å². The van der Waals surface area contributed by atoms with Crippen molar-refractivity contribution in [3.8, 4) is 5.82 Å². The first-order valence-electron chi connectivity index (χ1n) is 6.11. The monoisotopic (exact) mass is 259 g/mol. The Morgan fingerprint density at radius 1 is 1.37 bits per heavy atom. The van der Waals surface area contributed by atoms with Gasteiger partial charge in [0.2, 0.25) is 5.91 Å². The summed E-state index contributed by atoms with van der Waals surface area (Å²) in [5.74, 6) is 1.63. The van der Waals surface area contributed by atoms with Gasteiger partial charge in [0.25, 0.3) is 0 Å². The van der Waals surface area contributed by atoms with E-state index in [0.717, 1.165) is 11.6 Å². The molecule has 2 aromatic rings. The van der Waals surface area contributed by atoms with Gasteiger partial charge in [0, 0.05) is 25.4 Å². The maximum Gasteiger partial charge on any atom is 0.225 e. The lowest BCUT2D eigenvalue weighted by Crippen LogP contribution is -2.18. The van der Waals surface area contributed by atoms with Crippen LogP contribution >= 0.6 is 0 Å². The van der Waals surface area contributed by atoms with Gasteiger partial charge in [-0.15, -0.1) is 0 Å². The van der Waals surface area contributed by atoms with Gasteiger partial charge in [-0.2, -0.15) is 0 Å². The predicted molar refractivity (Wildman–Crippen MR) is 73.3 cm³/mol. The molecule has 0 spiro atoms. The Morgan fingerprint density at radius 2 is 2.21 bits per heavy atom. The van der Waals surface area contributed by atoms with E-state index in [1.807, 2.05) is 36.9 Å². The van der Waals surface area contributed by atoms with E-state index < -0.39 is 0 Å². The SMILES string of the molecule is CNCCC(=O)Nc1ccc(-n2ccnc2C)nc1. The molecule has 1 amide bonds. The number of hydrogen-bond acceptors (Lipinski definition) is 4. The van der Waals surface area contributed by atoms with E-state index in [9.17, 15) is 4.79 Å². The van der Waals surface area contributed by atoms with E-state index in [0.29, 0.717) is 18.7 Å². The van der Waals surface area contributed by atoms with Crippen molar-refractivity contribution in [3.05, 3.63) is 36.5 Å². The fourth-order valence-electron chi connectivity index (χ4n) is 1.68. The second kappa shape index (κ2) is 6.10. The highest BCUT2D eigenvalue weighted by atomic mass is 16.1. The van der Waals surface area contributed by atoms with E-state index in [-0.39, 0.29) is 5.91 Å². The fourth-order valence-corrected chi connectivity index (χ4v) is 1.68. The number of anilines is 1. The molecule has 2 rings (SSSR count). The minimum atomic E-state index is -0.0253. The van der Waals surface area contributed by atoms with Crippen molar-refractivity contribution in [2.45, 2.75) is 13.3 Å². The van der Waals surface area contributed by atoms with Crippen LogP contribution in [0.25, 0.3) is 5.82 Å². The molecule has 100 valence electrons. The average Bonchev–Trinajstić information content (AvgIpc) is 2.83. The number of nitrogens with zero attached hydrogens (tertiary/aromatic N) is 3. The summed E-state index contributed by atoms with van der Waals surface area (Å²) in [6, 6.07) is 3.68. The summed E-state index contributed by atoms with van der Waals surface area (Å²) in [7, 11) is 1.82. The Labute approximate surface area is 111 Å². The molecule has 0 aliphatic rings. The van der Waals surface area contributed by atoms with Crippen molar-refractivity contribution < 1.29 is 4.79 Å². The van der Waals surface area contributed by atoms with E-state index >= 15 is 0 Å². The molecule has 0 unspecified atom stereocenters. The third-order valence-corrected chi connectivity index (χ3v) is 2.71. The Morgan fingerprint density at radius 3 is 2.79 bits per heavy atom. The molecule has 2 heterocycles. The molecule has 0 aliphatic heterocycles. The maximum absolute atomic E-state index is 11.5. The molecule has 0 radical (unpaired) electrons. The third-order valence-electron chi connectivity index (χ3n) is 2.71. The van der Waals surface area contributed by atoms with Crippen LogP contribution < -0.4 is 10.6 Å². The highest BCUT2D eigenvalue weighted by Crippen LogP contribution is 2.11. The van der Waals surface area contributed by atoms with Crippen molar-refractivity contribution >= 4 is 11.6 Å². The van der Waals surface area contributed by atoms with Gasteiger partial charge in [0.15, 0.2) is 0 Å². The van der Waals surface area contributed by atoms with Crippen molar-refractivity contribution in [2.75, 3.05) is 18.9 Å². The summed E-state index contributed by atoms with van der Waals surface area (Å²) in [5.41, 5.74) is 0.697.